The fourth-order valence-corrected chi connectivity index (χ4v) is 4.87. The molecule has 0 heterocycles. The van der Waals surface area contributed by atoms with Gasteiger partial charge in [-0.25, -0.2) is 0 Å². The molecule has 0 bridgehead atoms. The Morgan fingerprint density at radius 2 is 0.800 bits per heavy atom. The normalized spacial score (nSPS) is 13.5. The van der Waals surface area contributed by atoms with Crippen molar-refractivity contribution < 1.29 is 0 Å². The Labute approximate surface area is 177 Å². The van der Waals surface area contributed by atoms with Crippen molar-refractivity contribution in [2.45, 2.75) is 12.8 Å². The summed E-state index contributed by atoms with van der Waals surface area (Å²) in [6.45, 7) is 0. The van der Waals surface area contributed by atoms with Gasteiger partial charge in [0.2, 0.25) is 0 Å². The Bertz CT molecular complexity index is 1230. The Hall–Kier alpha value is -3.64. The van der Waals surface area contributed by atoms with Crippen LogP contribution in [-0.4, -0.2) is 0 Å². The smallest absolute Gasteiger partial charge is 0.00137 e. The summed E-state index contributed by atoms with van der Waals surface area (Å²) < 4.78 is 0. The van der Waals surface area contributed by atoms with E-state index in [1.165, 1.54) is 55.6 Å². The van der Waals surface area contributed by atoms with Crippen LogP contribution in [0.5, 0.6) is 0 Å². The minimum Gasteiger partial charge on any atom is -0.0619 e. The van der Waals surface area contributed by atoms with Crippen LogP contribution in [0.4, 0.5) is 0 Å². The molecule has 0 N–H and O–H groups in total. The maximum Gasteiger partial charge on any atom is -0.00137 e. The van der Waals surface area contributed by atoms with Crippen molar-refractivity contribution in [3.8, 4) is 11.1 Å². The number of rotatable bonds is 1. The third-order valence-corrected chi connectivity index (χ3v) is 6.41. The first-order chi connectivity index (χ1) is 14.9. The predicted molar refractivity (Wildman–Crippen MR) is 128 cm³/mol. The highest BCUT2D eigenvalue weighted by Crippen LogP contribution is 2.37. The van der Waals surface area contributed by atoms with Crippen LogP contribution in [-0.2, 0) is 12.8 Å². The van der Waals surface area contributed by atoms with Crippen LogP contribution in [0.3, 0.4) is 0 Å². The zero-order valence-corrected chi connectivity index (χ0v) is 16.8. The molecule has 30 heavy (non-hydrogen) atoms. The summed E-state index contributed by atoms with van der Waals surface area (Å²) in [7, 11) is 0. The van der Waals surface area contributed by atoms with Crippen molar-refractivity contribution >= 4 is 24.3 Å². The highest BCUT2D eigenvalue weighted by atomic mass is 14.2. The largest absolute Gasteiger partial charge is 0.0619 e. The van der Waals surface area contributed by atoms with Gasteiger partial charge in [-0.2, -0.15) is 0 Å². The maximum atomic E-state index is 2.31. The van der Waals surface area contributed by atoms with Crippen LogP contribution in [0, 0.1) is 0 Å². The second kappa shape index (κ2) is 7.00. The van der Waals surface area contributed by atoms with E-state index in [9.17, 15) is 0 Å². The van der Waals surface area contributed by atoms with E-state index in [1.807, 2.05) is 0 Å². The number of hydrogen-bond donors (Lipinski definition) is 0. The summed E-state index contributed by atoms with van der Waals surface area (Å²) >= 11 is 0. The Morgan fingerprint density at radius 1 is 0.367 bits per heavy atom. The minimum atomic E-state index is 0.975. The molecule has 0 saturated carbocycles. The molecular formula is C30H22. The molecule has 0 amide bonds. The molecule has 6 rings (SSSR count). The average Bonchev–Trinajstić information content (AvgIpc) is 3.10. The Balaban J connectivity index is 1.53. The van der Waals surface area contributed by atoms with Gasteiger partial charge in [-0.1, -0.05) is 109 Å². The lowest BCUT2D eigenvalue weighted by molar-refractivity contribution is 1.18. The van der Waals surface area contributed by atoms with Gasteiger partial charge in [-0.3, -0.25) is 0 Å². The number of benzene rings is 4. The first-order valence-electron chi connectivity index (χ1n) is 10.6. The molecule has 4 aromatic carbocycles. The SMILES string of the molecule is C1=Cc2c(cccc2-c2cccc3c2C=Cc2ccccc2C3)Cc2ccccc21. The molecule has 0 radical (unpaired) electrons. The van der Waals surface area contributed by atoms with Crippen molar-refractivity contribution in [2.24, 2.45) is 0 Å². The van der Waals surface area contributed by atoms with Crippen LogP contribution >= 0.6 is 0 Å². The van der Waals surface area contributed by atoms with Crippen LogP contribution < -0.4 is 0 Å². The molecule has 2 aliphatic rings. The first-order valence-corrected chi connectivity index (χ1v) is 10.6. The van der Waals surface area contributed by atoms with Gasteiger partial charge in [0.1, 0.15) is 0 Å². The molecule has 0 aliphatic heterocycles. The van der Waals surface area contributed by atoms with Crippen LogP contribution in [0.2, 0.25) is 0 Å². The fourth-order valence-electron chi connectivity index (χ4n) is 4.87. The van der Waals surface area contributed by atoms with E-state index in [-0.39, 0.29) is 0 Å². The van der Waals surface area contributed by atoms with Gasteiger partial charge < -0.3 is 0 Å². The minimum absolute atomic E-state index is 0.975. The maximum absolute atomic E-state index is 2.31. The highest BCUT2D eigenvalue weighted by Gasteiger charge is 2.17. The van der Waals surface area contributed by atoms with E-state index in [0.29, 0.717) is 0 Å². The van der Waals surface area contributed by atoms with Crippen molar-refractivity contribution in [3.05, 3.63) is 129 Å². The number of hydrogen-bond acceptors (Lipinski definition) is 0. The summed E-state index contributed by atoms with van der Waals surface area (Å²) in [6.07, 6.45) is 11.1. The monoisotopic (exact) mass is 382 g/mol. The molecule has 0 nitrogen and oxygen atoms in total. The fraction of sp³-hybridized carbons (Fsp3) is 0.0667. The predicted octanol–water partition coefficient (Wildman–Crippen LogP) is 7.50. The van der Waals surface area contributed by atoms with Crippen molar-refractivity contribution in [1.82, 2.24) is 0 Å². The summed E-state index contributed by atoms with van der Waals surface area (Å²) in [6, 6.07) is 31.0. The van der Waals surface area contributed by atoms with Gasteiger partial charge in [0.25, 0.3) is 0 Å². The van der Waals surface area contributed by atoms with Gasteiger partial charge in [-0.05, 0) is 68.5 Å². The van der Waals surface area contributed by atoms with Crippen LogP contribution in [0.25, 0.3) is 35.4 Å². The summed E-state index contributed by atoms with van der Waals surface area (Å²) in [5.74, 6) is 0. The van der Waals surface area contributed by atoms with Gasteiger partial charge in [0, 0.05) is 0 Å². The van der Waals surface area contributed by atoms with E-state index in [4.69, 9.17) is 0 Å². The van der Waals surface area contributed by atoms with Gasteiger partial charge in [0.05, 0.1) is 0 Å². The van der Waals surface area contributed by atoms with E-state index < -0.39 is 0 Å². The lowest BCUT2D eigenvalue weighted by atomic mass is 9.88. The van der Waals surface area contributed by atoms with E-state index >= 15 is 0 Å². The van der Waals surface area contributed by atoms with E-state index in [0.717, 1.165) is 12.8 Å². The molecule has 0 unspecified atom stereocenters. The van der Waals surface area contributed by atoms with Crippen molar-refractivity contribution in [1.29, 1.82) is 0 Å². The van der Waals surface area contributed by atoms with Crippen LogP contribution in [0.1, 0.15) is 44.5 Å². The molecule has 2 aliphatic carbocycles. The van der Waals surface area contributed by atoms with E-state index in [2.05, 4.69) is 109 Å². The van der Waals surface area contributed by atoms with Gasteiger partial charge in [0.15, 0.2) is 0 Å². The molecule has 0 fully saturated rings. The second-order valence-corrected chi connectivity index (χ2v) is 8.17. The number of fused-ring (bicyclic) bond motifs is 4. The molecule has 0 atom stereocenters. The Kier molecular flexibility index (Phi) is 4.02. The van der Waals surface area contributed by atoms with Crippen molar-refractivity contribution in [3.63, 3.8) is 0 Å². The van der Waals surface area contributed by atoms with Gasteiger partial charge in [-0.15, -0.1) is 0 Å². The lowest BCUT2D eigenvalue weighted by Crippen LogP contribution is -1.97. The first kappa shape index (κ1) is 17.2. The summed E-state index contributed by atoms with van der Waals surface area (Å²) in [5.41, 5.74) is 13.6. The zero-order chi connectivity index (χ0) is 19.9. The Morgan fingerprint density at radius 3 is 1.30 bits per heavy atom. The second-order valence-electron chi connectivity index (χ2n) is 8.17. The molecular weight excluding hydrogens is 360 g/mol. The van der Waals surface area contributed by atoms with Gasteiger partial charge >= 0.3 is 0 Å². The lowest BCUT2D eigenvalue weighted by Gasteiger charge is -2.16. The average molecular weight is 383 g/mol. The topological polar surface area (TPSA) is 0 Å². The summed E-state index contributed by atoms with van der Waals surface area (Å²) in [5, 5.41) is 0. The van der Waals surface area contributed by atoms with Crippen molar-refractivity contribution in [2.75, 3.05) is 0 Å². The third-order valence-electron chi connectivity index (χ3n) is 6.41. The summed E-state index contributed by atoms with van der Waals surface area (Å²) in [4.78, 5) is 0. The quantitative estimate of drug-likeness (QED) is 0.276. The highest BCUT2D eigenvalue weighted by molar-refractivity contribution is 5.90. The molecule has 0 spiro atoms. The van der Waals surface area contributed by atoms with E-state index in [1.54, 1.807) is 0 Å². The zero-order valence-electron chi connectivity index (χ0n) is 16.8. The molecule has 0 aromatic heterocycles. The van der Waals surface area contributed by atoms with Crippen LogP contribution in [0.15, 0.2) is 84.9 Å². The third kappa shape index (κ3) is 2.84. The molecule has 4 aromatic rings. The molecule has 142 valence electrons. The molecule has 0 heteroatoms. The standard InChI is InChI=1S/C30H22/c1-3-9-23-19-25-11-5-13-29(27(25)17-15-21(23)7-1)30-14-6-12-26-20-24-10-4-2-8-22(24)16-18-28(26)30/h1-18H,19-20H2. The molecule has 0 saturated heterocycles.